The molecule has 3 fully saturated rings. The van der Waals surface area contributed by atoms with Gasteiger partial charge in [0.15, 0.2) is 0 Å². The van der Waals surface area contributed by atoms with Crippen molar-refractivity contribution in [2.75, 3.05) is 45.8 Å². The van der Waals surface area contributed by atoms with Crippen LogP contribution in [0, 0.1) is 23.2 Å². The van der Waals surface area contributed by atoms with E-state index in [1.54, 1.807) is 0 Å². The van der Waals surface area contributed by atoms with Crippen LogP contribution in [0.5, 0.6) is 0 Å². The number of nitrogens with one attached hydrogen (secondary N) is 3. The Kier molecular flexibility index (Phi) is 6.06. The molecule has 0 aromatic heterocycles. The zero-order chi connectivity index (χ0) is 16.9. The van der Waals surface area contributed by atoms with Crippen LogP contribution in [0.1, 0.15) is 26.2 Å². The van der Waals surface area contributed by atoms with E-state index < -0.39 is 5.92 Å². The predicted molar refractivity (Wildman–Crippen MR) is 91.9 cm³/mol. The molecule has 3 aliphatic rings. The van der Waals surface area contributed by atoms with E-state index in [-0.39, 0.29) is 11.9 Å². The van der Waals surface area contributed by atoms with E-state index >= 15 is 0 Å². The van der Waals surface area contributed by atoms with Crippen molar-refractivity contribution >= 4 is 5.91 Å². The lowest BCUT2D eigenvalue weighted by Crippen LogP contribution is -2.63. The van der Waals surface area contributed by atoms with Gasteiger partial charge in [0.1, 0.15) is 5.92 Å². The molecule has 0 saturated carbocycles. The fourth-order valence-corrected chi connectivity index (χ4v) is 4.42. The van der Waals surface area contributed by atoms with Crippen molar-refractivity contribution in [1.82, 2.24) is 26.0 Å². The minimum atomic E-state index is -0.565. The van der Waals surface area contributed by atoms with Crippen LogP contribution < -0.4 is 16.2 Å². The smallest absolute Gasteiger partial charge is 0.253 e. The van der Waals surface area contributed by atoms with Crippen molar-refractivity contribution in [3.8, 4) is 6.07 Å². The Labute approximate surface area is 144 Å². The standard InChI is InChI=1S/C17H30N6O/c1-2-15-13(4-3-5-19-15)12-22-6-8-23(9-7-22)16-11-20-21-17(24)14(16)10-18/h13-16,19-20H,2-9,11-12H2,1H3,(H,21,24). The van der Waals surface area contributed by atoms with Gasteiger partial charge in [-0.1, -0.05) is 6.92 Å². The summed E-state index contributed by atoms with van der Waals surface area (Å²) >= 11 is 0. The lowest BCUT2D eigenvalue weighted by Gasteiger charge is -2.43. The van der Waals surface area contributed by atoms with Gasteiger partial charge in [-0.3, -0.25) is 15.1 Å². The first-order chi connectivity index (χ1) is 11.7. The average molecular weight is 334 g/mol. The normalized spacial score (nSPS) is 36.1. The number of piperidine rings is 1. The number of carbonyl (C=O) groups is 1. The highest BCUT2D eigenvalue weighted by Crippen LogP contribution is 2.22. The molecule has 3 rings (SSSR count). The summed E-state index contributed by atoms with van der Waals surface area (Å²) in [4.78, 5) is 16.7. The van der Waals surface area contributed by atoms with Gasteiger partial charge in [0.25, 0.3) is 5.91 Å². The summed E-state index contributed by atoms with van der Waals surface area (Å²) in [5.74, 6) is -0.00987. The highest BCUT2D eigenvalue weighted by molar-refractivity contribution is 5.82. The summed E-state index contributed by atoms with van der Waals surface area (Å²) in [6.45, 7) is 9.20. The average Bonchev–Trinajstić information content (AvgIpc) is 2.62. The molecule has 4 atom stereocenters. The maximum Gasteiger partial charge on any atom is 0.253 e. The largest absolute Gasteiger partial charge is 0.314 e. The van der Waals surface area contributed by atoms with E-state index in [1.165, 1.54) is 25.8 Å². The molecule has 0 spiro atoms. The molecular weight excluding hydrogens is 304 g/mol. The van der Waals surface area contributed by atoms with E-state index in [1.807, 2.05) is 0 Å². The summed E-state index contributed by atoms with van der Waals surface area (Å²) in [6, 6.07) is 2.83. The monoisotopic (exact) mass is 334 g/mol. The van der Waals surface area contributed by atoms with Gasteiger partial charge in [-0.2, -0.15) is 5.26 Å². The fourth-order valence-electron chi connectivity index (χ4n) is 4.42. The van der Waals surface area contributed by atoms with Crippen LogP contribution in [-0.4, -0.2) is 73.6 Å². The predicted octanol–water partition coefficient (Wildman–Crippen LogP) is -0.475. The lowest BCUT2D eigenvalue weighted by molar-refractivity contribution is -0.129. The van der Waals surface area contributed by atoms with Gasteiger partial charge < -0.3 is 10.2 Å². The quantitative estimate of drug-likeness (QED) is 0.644. The number of piperazine rings is 1. The molecule has 24 heavy (non-hydrogen) atoms. The van der Waals surface area contributed by atoms with Gasteiger partial charge in [-0.05, 0) is 31.7 Å². The molecular formula is C17H30N6O. The van der Waals surface area contributed by atoms with Crippen LogP contribution in [0.15, 0.2) is 0 Å². The Bertz CT molecular complexity index is 470. The Hall–Kier alpha value is -1.20. The Morgan fingerprint density at radius 2 is 2.08 bits per heavy atom. The van der Waals surface area contributed by atoms with Crippen molar-refractivity contribution in [1.29, 1.82) is 5.26 Å². The van der Waals surface area contributed by atoms with Gasteiger partial charge in [0, 0.05) is 51.4 Å². The molecule has 0 aliphatic carbocycles. The number of hydrogen-bond acceptors (Lipinski definition) is 6. The Balaban J connectivity index is 1.50. The number of nitrogens with zero attached hydrogens (tertiary/aromatic N) is 3. The molecule has 7 nitrogen and oxygen atoms in total. The highest BCUT2D eigenvalue weighted by atomic mass is 16.2. The second kappa shape index (κ2) is 8.26. The van der Waals surface area contributed by atoms with Gasteiger partial charge in [0.2, 0.25) is 0 Å². The van der Waals surface area contributed by atoms with Gasteiger partial charge in [-0.15, -0.1) is 0 Å². The molecule has 7 heteroatoms. The number of hydrazine groups is 1. The molecule has 3 N–H and O–H groups in total. The van der Waals surface area contributed by atoms with Crippen molar-refractivity contribution in [3.05, 3.63) is 0 Å². The van der Waals surface area contributed by atoms with Crippen molar-refractivity contribution in [2.45, 2.75) is 38.3 Å². The molecule has 1 amide bonds. The molecule has 3 saturated heterocycles. The SMILES string of the molecule is CCC1NCCCC1CN1CCN(C2CNNC(=O)C2C#N)CC1. The van der Waals surface area contributed by atoms with E-state index in [0.717, 1.165) is 38.6 Å². The van der Waals surface area contributed by atoms with Gasteiger partial charge >= 0.3 is 0 Å². The lowest BCUT2D eigenvalue weighted by atomic mass is 9.88. The second-order valence-electron chi connectivity index (χ2n) is 7.25. The van der Waals surface area contributed by atoms with Gasteiger partial charge in [-0.25, -0.2) is 5.43 Å². The molecule has 134 valence electrons. The first-order valence-corrected chi connectivity index (χ1v) is 9.35. The first-order valence-electron chi connectivity index (χ1n) is 9.35. The maximum absolute atomic E-state index is 11.8. The molecule has 4 unspecified atom stereocenters. The number of amides is 1. The molecule has 3 aliphatic heterocycles. The minimum Gasteiger partial charge on any atom is -0.314 e. The Morgan fingerprint density at radius 1 is 1.29 bits per heavy atom. The zero-order valence-electron chi connectivity index (χ0n) is 14.6. The molecule has 0 aromatic rings. The molecule has 0 radical (unpaired) electrons. The van der Waals surface area contributed by atoms with Crippen LogP contribution in [0.3, 0.4) is 0 Å². The van der Waals surface area contributed by atoms with E-state index in [4.69, 9.17) is 0 Å². The van der Waals surface area contributed by atoms with Crippen LogP contribution >= 0.6 is 0 Å². The molecule has 0 bridgehead atoms. The number of carbonyl (C=O) groups excluding carboxylic acids is 1. The zero-order valence-corrected chi connectivity index (χ0v) is 14.6. The van der Waals surface area contributed by atoms with Crippen molar-refractivity contribution < 1.29 is 4.79 Å². The third-order valence-corrected chi connectivity index (χ3v) is 5.86. The van der Waals surface area contributed by atoms with E-state index in [2.05, 4.69) is 39.0 Å². The number of rotatable bonds is 4. The van der Waals surface area contributed by atoms with Crippen LogP contribution in [0.25, 0.3) is 0 Å². The number of hydrogen-bond donors (Lipinski definition) is 3. The van der Waals surface area contributed by atoms with Crippen molar-refractivity contribution in [2.24, 2.45) is 11.8 Å². The van der Waals surface area contributed by atoms with E-state index in [9.17, 15) is 10.1 Å². The summed E-state index contributed by atoms with van der Waals surface area (Å²) in [6.07, 6.45) is 3.82. The Morgan fingerprint density at radius 3 is 2.79 bits per heavy atom. The summed E-state index contributed by atoms with van der Waals surface area (Å²) in [7, 11) is 0. The highest BCUT2D eigenvalue weighted by Gasteiger charge is 2.37. The third kappa shape index (κ3) is 3.89. The summed E-state index contributed by atoms with van der Waals surface area (Å²) in [5.41, 5.74) is 5.49. The minimum absolute atomic E-state index is 0.00867. The molecule has 0 aromatic carbocycles. The van der Waals surface area contributed by atoms with Crippen LogP contribution in [-0.2, 0) is 4.79 Å². The first kappa shape index (κ1) is 17.6. The topological polar surface area (TPSA) is 83.4 Å². The van der Waals surface area contributed by atoms with Crippen molar-refractivity contribution in [3.63, 3.8) is 0 Å². The fraction of sp³-hybridized carbons (Fsp3) is 0.882. The van der Waals surface area contributed by atoms with Crippen LogP contribution in [0.4, 0.5) is 0 Å². The van der Waals surface area contributed by atoms with Crippen LogP contribution in [0.2, 0.25) is 0 Å². The van der Waals surface area contributed by atoms with Gasteiger partial charge in [0.05, 0.1) is 6.07 Å². The molecule has 3 heterocycles. The second-order valence-corrected chi connectivity index (χ2v) is 7.25. The number of nitriles is 1. The van der Waals surface area contributed by atoms with E-state index in [0.29, 0.717) is 12.6 Å². The summed E-state index contributed by atoms with van der Waals surface area (Å²) < 4.78 is 0. The maximum atomic E-state index is 11.8. The third-order valence-electron chi connectivity index (χ3n) is 5.86. The summed E-state index contributed by atoms with van der Waals surface area (Å²) in [5, 5.41) is 13.0.